The Morgan fingerprint density at radius 3 is 2.08 bits per heavy atom. The first-order valence-corrected chi connectivity index (χ1v) is 8.10. The zero-order valence-corrected chi connectivity index (χ0v) is 13.7. The predicted molar refractivity (Wildman–Crippen MR) is 84.7 cm³/mol. The average molecular weight is 365 g/mol. The highest BCUT2D eigenvalue weighted by molar-refractivity contribution is 6.30. The standard InChI is InChI=1S/C14H19ClN2.C2HF3O2/c15-11-3-1-10(2-4-11)9-17-13-5-6-14(17)8-12(16)7-13;3-2(4,5)1(6)7/h1-4,12-14H,5-9,16H2;(H,6,7)/t12?,13-,14+;. The first kappa shape index (κ1) is 19.0. The van der Waals surface area contributed by atoms with Crippen LogP contribution in [0.2, 0.25) is 5.02 Å². The second-order valence-electron chi connectivity index (χ2n) is 6.22. The van der Waals surface area contributed by atoms with E-state index in [9.17, 15) is 13.2 Å². The molecule has 0 radical (unpaired) electrons. The van der Waals surface area contributed by atoms with Crippen molar-refractivity contribution >= 4 is 17.6 Å². The molecule has 134 valence electrons. The second-order valence-corrected chi connectivity index (χ2v) is 6.65. The molecule has 2 fully saturated rings. The van der Waals surface area contributed by atoms with E-state index in [0.29, 0.717) is 18.1 Å². The van der Waals surface area contributed by atoms with Gasteiger partial charge in [-0.3, -0.25) is 4.90 Å². The monoisotopic (exact) mass is 364 g/mol. The summed E-state index contributed by atoms with van der Waals surface area (Å²) in [4.78, 5) is 11.5. The molecule has 3 atom stereocenters. The fraction of sp³-hybridized carbons (Fsp3) is 0.562. The lowest BCUT2D eigenvalue weighted by molar-refractivity contribution is -0.192. The minimum atomic E-state index is -5.08. The molecule has 0 aromatic heterocycles. The van der Waals surface area contributed by atoms with Gasteiger partial charge in [-0.2, -0.15) is 13.2 Å². The number of nitrogens with two attached hydrogens (primary N) is 1. The van der Waals surface area contributed by atoms with Crippen LogP contribution in [0.5, 0.6) is 0 Å². The van der Waals surface area contributed by atoms with Crippen LogP contribution >= 0.6 is 11.6 Å². The zero-order chi connectivity index (χ0) is 17.9. The largest absolute Gasteiger partial charge is 0.490 e. The van der Waals surface area contributed by atoms with E-state index in [0.717, 1.165) is 11.6 Å². The van der Waals surface area contributed by atoms with E-state index in [1.165, 1.54) is 31.2 Å². The normalized spacial score (nSPS) is 26.6. The Morgan fingerprint density at radius 2 is 1.67 bits per heavy atom. The lowest BCUT2D eigenvalue weighted by atomic mass is 9.97. The highest BCUT2D eigenvalue weighted by atomic mass is 35.5. The van der Waals surface area contributed by atoms with Crippen LogP contribution in [0.1, 0.15) is 31.2 Å². The van der Waals surface area contributed by atoms with Crippen LogP contribution in [0, 0.1) is 0 Å². The molecular weight excluding hydrogens is 345 g/mol. The van der Waals surface area contributed by atoms with Gasteiger partial charge in [-0.1, -0.05) is 23.7 Å². The van der Waals surface area contributed by atoms with E-state index in [4.69, 9.17) is 27.2 Å². The number of carbonyl (C=O) groups is 1. The van der Waals surface area contributed by atoms with Crippen molar-refractivity contribution in [3.63, 3.8) is 0 Å². The number of fused-ring (bicyclic) bond motifs is 2. The number of benzene rings is 1. The van der Waals surface area contributed by atoms with Gasteiger partial charge in [-0.25, -0.2) is 4.79 Å². The second kappa shape index (κ2) is 7.72. The predicted octanol–water partition coefficient (Wildman–Crippen LogP) is 3.43. The fourth-order valence-corrected chi connectivity index (χ4v) is 3.50. The molecule has 3 rings (SSSR count). The van der Waals surface area contributed by atoms with Gasteiger partial charge >= 0.3 is 12.1 Å². The number of rotatable bonds is 2. The number of halogens is 4. The quantitative estimate of drug-likeness (QED) is 0.843. The molecule has 4 nitrogen and oxygen atoms in total. The molecule has 8 heteroatoms. The highest BCUT2D eigenvalue weighted by Gasteiger charge is 2.39. The minimum absolute atomic E-state index is 0.425. The Kier molecular flexibility index (Phi) is 6.11. The summed E-state index contributed by atoms with van der Waals surface area (Å²) < 4.78 is 31.7. The summed E-state index contributed by atoms with van der Waals surface area (Å²) in [6.07, 6.45) is -0.0912. The van der Waals surface area contributed by atoms with Gasteiger partial charge < -0.3 is 10.8 Å². The number of aliphatic carboxylic acids is 1. The summed E-state index contributed by atoms with van der Waals surface area (Å²) in [5.41, 5.74) is 7.45. The maximum atomic E-state index is 10.6. The van der Waals surface area contributed by atoms with Crippen molar-refractivity contribution in [3.05, 3.63) is 34.9 Å². The Balaban J connectivity index is 0.000000256. The molecule has 1 unspecified atom stereocenters. The van der Waals surface area contributed by atoms with Crippen LogP contribution in [0.15, 0.2) is 24.3 Å². The zero-order valence-electron chi connectivity index (χ0n) is 13.0. The molecule has 1 aromatic rings. The topological polar surface area (TPSA) is 66.6 Å². The number of carboxylic acids is 1. The lowest BCUT2D eigenvalue weighted by Gasteiger charge is -2.37. The van der Waals surface area contributed by atoms with Gasteiger partial charge in [0.1, 0.15) is 0 Å². The Labute approximate surface area is 143 Å². The van der Waals surface area contributed by atoms with Gasteiger partial charge in [0.25, 0.3) is 0 Å². The molecule has 2 aliphatic rings. The molecule has 2 bridgehead atoms. The summed E-state index contributed by atoms with van der Waals surface area (Å²) in [6.45, 7) is 1.05. The molecule has 3 N–H and O–H groups in total. The van der Waals surface area contributed by atoms with Gasteiger partial charge in [-0.15, -0.1) is 0 Å². The number of carboxylic acid groups (broad SMARTS) is 1. The molecule has 2 aliphatic heterocycles. The molecule has 2 heterocycles. The molecule has 0 spiro atoms. The van der Waals surface area contributed by atoms with E-state index in [-0.39, 0.29) is 0 Å². The van der Waals surface area contributed by atoms with Crippen molar-refractivity contribution in [2.75, 3.05) is 0 Å². The Morgan fingerprint density at radius 1 is 1.21 bits per heavy atom. The number of hydrogen-bond acceptors (Lipinski definition) is 3. The number of hydrogen-bond donors (Lipinski definition) is 2. The molecule has 0 aliphatic carbocycles. The summed E-state index contributed by atoms with van der Waals surface area (Å²) in [5, 5.41) is 7.94. The van der Waals surface area contributed by atoms with Crippen molar-refractivity contribution < 1.29 is 23.1 Å². The van der Waals surface area contributed by atoms with E-state index in [1.807, 2.05) is 12.1 Å². The van der Waals surface area contributed by atoms with Crippen LogP contribution in [-0.4, -0.2) is 40.3 Å². The Bertz CT molecular complexity index is 551. The van der Waals surface area contributed by atoms with Crippen molar-refractivity contribution in [2.45, 2.75) is 56.5 Å². The van der Waals surface area contributed by atoms with Crippen LogP contribution in [-0.2, 0) is 11.3 Å². The third kappa shape index (κ3) is 5.09. The molecule has 0 saturated carbocycles. The van der Waals surface area contributed by atoms with E-state index in [2.05, 4.69) is 17.0 Å². The van der Waals surface area contributed by atoms with E-state index >= 15 is 0 Å². The van der Waals surface area contributed by atoms with E-state index < -0.39 is 12.1 Å². The SMILES string of the molecule is NC1C[C@H]2CC[C@@H](C1)N2Cc1ccc(Cl)cc1.O=C(O)C(F)(F)F. The third-order valence-electron chi connectivity index (χ3n) is 4.44. The summed E-state index contributed by atoms with van der Waals surface area (Å²) in [5.74, 6) is -2.76. The minimum Gasteiger partial charge on any atom is -0.475 e. The molecule has 0 amide bonds. The summed E-state index contributed by atoms with van der Waals surface area (Å²) >= 11 is 5.91. The smallest absolute Gasteiger partial charge is 0.475 e. The van der Waals surface area contributed by atoms with E-state index in [1.54, 1.807) is 0 Å². The first-order valence-electron chi connectivity index (χ1n) is 7.72. The summed E-state index contributed by atoms with van der Waals surface area (Å²) in [6, 6.07) is 10.1. The maximum Gasteiger partial charge on any atom is 0.490 e. The number of piperidine rings is 1. The third-order valence-corrected chi connectivity index (χ3v) is 4.69. The molecular formula is C16H20ClF3N2O2. The average Bonchev–Trinajstić information content (AvgIpc) is 2.72. The maximum absolute atomic E-state index is 10.6. The van der Waals surface area contributed by atoms with Gasteiger partial charge in [0.05, 0.1) is 0 Å². The molecule has 24 heavy (non-hydrogen) atoms. The highest BCUT2D eigenvalue weighted by Crippen LogP contribution is 2.36. The van der Waals surface area contributed by atoms with Gasteiger partial charge in [-0.05, 0) is 43.4 Å². The van der Waals surface area contributed by atoms with Crippen molar-refractivity contribution in [2.24, 2.45) is 5.73 Å². The lowest BCUT2D eigenvalue weighted by Crippen LogP contribution is -2.46. The van der Waals surface area contributed by atoms with Crippen molar-refractivity contribution in [1.29, 1.82) is 0 Å². The van der Waals surface area contributed by atoms with Crippen LogP contribution < -0.4 is 5.73 Å². The van der Waals surface area contributed by atoms with Gasteiger partial charge in [0, 0.05) is 29.7 Å². The van der Waals surface area contributed by atoms with Crippen molar-refractivity contribution in [3.8, 4) is 0 Å². The Hall–Kier alpha value is -1.31. The van der Waals surface area contributed by atoms with Crippen molar-refractivity contribution in [1.82, 2.24) is 4.90 Å². The number of alkyl halides is 3. The van der Waals surface area contributed by atoms with Gasteiger partial charge in [0.2, 0.25) is 0 Å². The fourth-order valence-electron chi connectivity index (χ4n) is 3.38. The summed E-state index contributed by atoms with van der Waals surface area (Å²) in [7, 11) is 0. The van der Waals surface area contributed by atoms with Crippen LogP contribution in [0.3, 0.4) is 0 Å². The van der Waals surface area contributed by atoms with Crippen LogP contribution in [0.4, 0.5) is 13.2 Å². The molecule has 1 aromatic carbocycles. The molecule has 2 saturated heterocycles. The van der Waals surface area contributed by atoms with Gasteiger partial charge in [0.15, 0.2) is 0 Å². The first-order chi connectivity index (χ1) is 11.2. The van der Waals surface area contributed by atoms with Crippen LogP contribution in [0.25, 0.3) is 0 Å². The number of nitrogens with zero attached hydrogens (tertiary/aromatic N) is 1.